The molecule has 0 spiro atoms. The molecular weight excluding hydrogens is 236 g/mol. The number of ether oxygens (including phenoxy) is 1. The molecule has 0 aromatic carbocycles. The van der Waals surface area contributed by atoms with E-state index in [1.165, 1.54) is 0 Å². The minimum atomic E-state index is -0.822. The second-order valence-electron chi connectivity index (χ2n) is 4.23. The summed E-state index contributed by atoms with van der Waals surface area (Å²) < 4.78 is 9.90. The number of esters is 1. The Kier molecular flexibility index (Phi) is 9.42. The van der Waals surface area contributed by atoms with Crippen molar-refractivity contribution >= 4 is 21.7 Å². The largest absolute Gasteiger partial charge is 0.522 e. The van der Waals surface area contributed by atoms with Crippen LogP contribution in [-0.2, 0) is 18.8 Å². The van der Waals surface area contributed by atoms with Crippen LogP contribution >= 0.6 is 0 Å². The van der Waals surface area contributed by atoms with Gasteiger partial charge in [-0.1, -0.05) is 33.6 Å². The van der Waals surface area contributed by atoms with Crippen LogP contribution in [0.4, 0.5) is 0 Å². The fraction of sp³-hybridized carbons (Fsp3) is 0.667. The molecule has 0 unspecified atom stereocenters. The maximum atomic E-state index is 11.1. The summed E-state index contributed by atoms with van der Waals surface area (Å²) in [6, 6.07) is 0. The SMILES string of the molecule is CCCCCOC(=O)/C=C\C(=O)O[SiH2]C(C)C. The molecule has 0 aliphatic carbocycles. The smallest absolute Gasteiger partial charge is 0.331 e. The monoisotopic (exact) mass is 258 g/mol. The third kappa shape index (κ3) is 11.2. The third-order valence-corrected chi connectivity index (χ3v) is 3.02. The molecule has 0 aliphatic heterocycles. The summed E-state index contributed by atoms with van der Waals surface area (Å²) in [5.41, 5.74) is 0.424. The molecule has 0 rings (SSSR count). The first kappa shape index (κ1) is 15.9. The quantitative estimate of drug-likeness (QED) is 0.288. The summed E-state index contributed by atoms with van der Waals surface area (Å²) in [5, 5.41) is 0. The van der Waals surface area contributed by atoms with E-state index in [-0.39, 0.29) is 0 Å². The summed E-state index contributed by atoms with van der Waals surface area (Å²) in [6.07, 6.45) is 5.25. The minimum absolute atomic E-state index is 0.410. The maximum absolute atomic E-state index is 11.1. The fourth-order valence-electron chi connectivity index (χ4n) is 1.01. The van der Waals surface area contributed by atoms with Crippen molar-refractivity contribution in [2.24, 2.45) is 0 Å². The topological polar surface area (TPSA) is 52.6 Å². The van der Waals surface area contributed by atoms with Crippen LogP contribution in [0, 0.1) is 0 Å². The molecule has 0 saturated heterocycles. The highest BCUT2D eigenvalue weighted by molar-refractivity contribution is 6.32. The summed E-state index contributed by atoms with van der Waals surface area (Å²) in [6.45, 7) is 6.50. The van der Waals surface area contributed by atoms with Crippen molar-refractivity contribution in [1.82, 2.24) is 0 Å². The highest BCUT2D eigenvalue weighted by Crippen LogP contribution is 1.98. The standard InChI is InChI=1S/C12H22O4Si/c1-4-5-6-9-15-11(13)7-8-12(14)16-17-10(2)3/h7-8,10H,4-6,9,17H2,1-3H3/b8-7-. The summed E-state index contributed by atoms with van der Waals surface area (Å²) in [7, 11) is -0.822. The van der Waals surface area contributed by atoms with Crippen molar-refractivity contribution in [3.05, 3.63) is 12.2 Å². The van der Waals surface area contributed by atoms with Gasteiger partial charge >= 0.3 is 11.9 Å². The maximum Gasteiger partial charge on any atom is 0.331 e. The van der Waals surface area contributed by atoms with Crippen LogP contribution in [0.15, 0.2) is 12.2 Å². The van der Waals surface area contributed by atoms with Crippen molar-refractivity contribution in [3.63, 3.8) is 0 Å². The molecule has 0 N–H and O–H groups in total. The zero-order valence-electron chi connectivity index (χ0n) is 10.9. The number of hydrogen-bond acceptors (Lipinski definition) is 4. The van der Waals surface area contributed by atoms with E-state index in [1.54, 1.807) is 0 Å². The van der Waals surface area contributed by atoms with E-state index < -0.39 is 21.7 Å². The first-order valence-corrected chi connectivity index (χ1v) is 7.47. The van der Waals surface area contributed by atoms with Gasteiger partial charge in [0.25, 0.3) is 0 Å². The molecule has 0 aliphatic rings. The fourth-order valence-corrected chi connectivity index (χ4v) is 1.60. The van der Waals surface area contributed by atoms with Gasteiger partial charge in [0.05, 0.1) is 6.61 Å². The lowest BCUT2D eigenvalue weighted by molar-refractivity contribution is -0.138. The highest BCUT2D eigenvalue weighted by Gasteiger charge is 2.02. The number of hydrogen-bond donors (Lipinski definition) is 0. The van der Waals surface area contributed by atoms with Crippen LogP contribution in [0.5, 0.6) is 0 Å². The van der Waals surface area contributed by atoms with Gasteiger partial charge in [-0.3, -0.25) is 0 Å². The predicted molar refractivity (Wildman–Crippen MR) is 69.4 cm³/mol. The molecule has 0 amide bonds. The Morgan fingerprint density at radius 3 is 2.41 bits per heavy atom. The van der Waals surface area contributed by atoms with Crippen LogP contribution in [0.1, 0.15) is 40.0 Å². The van der Waals surface area contributed by atoms with Gasteiger partial charge in [-0.2, -0.15) is 0 Å². The van der Waals surface area contributed by atoms with Crippen molar-refractivity contribution in [3.8, 4) is 0 Å². The Morgan fingerprint density at radius 1 is 1.18 bits per heavy atom. The van der Waals surface area contributed by atoms with Crippen LogP contribution in [-0.4, -0.2) is 28.3 Å². The van der Waals surface area contributed by atoms with Crippen LogP contribution in [0.25, 0.3) is 0 Å². The predicted octanol–water partition coefficient (Wildman–Crippen LogP) is 1.73. The van der Waals surface area contributed by atoms with Gasteiger partial charge < -0.3 is 9.16 Å². The number of unbranched alkanes of at least 4 members (excludes halogenated alkanes) is 2. The average Bonchev–Trinajstić information content (AvgIpc) is 2.29. The first-order valence-electron chi connectivity index (χ1n) is 6.07. The third-order valence-electron chi connectivity index (χ3n) is 1.91. The van der Waals surface area contributed by atoms with Crippen molar-refractivity contribution in [2.45, 2.75) is 45.6 Å². The zero-order chi connectivity index (χ0) is 13.1. The molecule has 17 heavy (non-hydrogen) atoms. The molecule has 98 valence electrons. The normalized spacial score (nSPS) is 11.5. The van der Waals surface area contributed by atoms with E-state index in [0.29, 0.717) is 12.1 Å². The van der Waals surface area contributed by atoms with Gasteiger partial charge in [0.2, 0.25) is 9.76 Å². The lowest BCUT2D eigenvalue weighted by Crippen LogP contribution is -2.09. The van der Waals surface area contributed by atoms with Crippen LogP contribution in [0.2, 0.25) is 5.54 Å². The van der Waals surface area contributed by atoms with Crippen molar-refractivity contribution in [1.29, 1.82) is 0 Å². The van der Waals surface area contributed by atoms with Gasteiger partial charge in [-0.25, -0.2) is 9.59 Å². The number of rotatable bonds is 8. The Hall–Kier alpha value is -1.10. The summed E-state index contributed by atoms with van der Waals surface area (Å²) in [4.78, 5) is 22.3. The Morgan fingerprint density at radius 2 is 1.82 bits per heavy atom. The van der Waals surface area contributed by atoms with E-state index in [2.05, 4.69) is 6.92 Å². The molecule has 0 bridgehead atoms. The van der Waals surface area contributed by atoms with Crippen LogP contribution < -0.4 is 0 Å². The number of carbonyl (C=O) groups is 2. The van der Waals surface area contributed by atoms with Crippen molar-refractivity contribution in [2.75, 3.05) is 6.61 Å². The van der Waals surface area contributed by atoms with E-state index in [9.17, 15) is 9.59 Å². The molecule has 0 radical (unpaired) electrons. The second kappa shape index (κ2) is 10.1. The Bertz CT molecular complexity index is 261. The lowest BCUT2D eigenvalue weighted by atomic mass is 10.3. The number of carbonyl (C=O) groups excluding carboxylic acids is 2. The zero-order valence-corrected chi connectivity index (χ0v) is 12.3. The highest BCUT2D eigenvalue weighted by atomic mass is 28.2. The molecule has 0 saturated carbocycles. The first-order chi connectivity index (χ1) is 8.06. The van der Waals surface area contributed by atoms with Gasteiger partial charge in [-0.05, 0) is 12.0 Å². The van der Waals surface area contributed by atoms with Gasteiger partial charge in [0.15, 0.2) is 0 Å². The summed E-state index contributed by atoms with van der Waals surface area (Å²) >= 11 is 0. The molecule has 5 heteroatoms. The van der Waals surface area contributed by atoms with Crippen molar-refractivity contribution < 1.29 is 18.8 Å². The van der Waals surface area contributed by atoms with Crippen LogP contribution in [0.3, 0.4) is 0 Å². The van der Waals surface area contributed by atoms with E-state index in [0.717, 1.165) is 31.4 Å². The Labute approximate surface area is 105 Å². The molecule has 0 heterocycles. The molecular formula is C12H22O4Si. The molecule has 0 aromatic heterocycles. The van der Waals surface area contributed by atoms with Gasteiger partial charge in [0, 0.05) is 12.2 Å². The van der Waals surface area contributed by atoms with Gasteiger partial charge in [-0.15, -0.1) is 0 Å². The van der Waals surface area contributed by atoms with E-state index >= 15 is 0 Å². The average molecular weight is 258 g/mol. The lowest BCUT2D eigenvalue weighted by Gasteiger charge is -2.03. The minimum Gasteiger partial charge on any atom is -0.522 e. The second-order valence-corrected chi connectivity index (χ2v) is 6.49. The molecule has 0 atom stereocenters. The molecule has 0 aromatic rings. The van der Waals surface area contributed by atoms with E-state index in [1.807, 2.05) is 13.8 Å². The molecule has 0 fully saturated rings. The summed E-state index contributed by atoms with van der Waals surface area (Å²) in [5.74, 6) is -0.930. The van der Waals surface area contributed by atoms with Gasteiger partial charge in [0.1, 0.15) is 0 Å². The van der Waals surface area contributed by atoms with E-state index in [4.69, 9.17) is 9.16 Å². The molecule has 4 nitrogen and oxygen atoms in total. The Balaban J connectivity index is 3.67.